The van der Waals surface area contributed by atoms with Crippen LogP contribution >= 0.6 is 0 Å². The van der Waals surface area contributed by atoms with Crippen LogP contribution in [0.1, 0.15) is 10.4 Å². The van der Waals surface area contributed by atoms with Crippen LogP contribution in [0.15, 0.2) is 18.2 Å². The molecule has 0 aromatic heterocycles. The molecule has 1 aromatic carbocycles. The first-order valence-electron chi connectivity index (χ1n) is 3.08. The van der Waals surface area contributed by atoms with Crippen molar-refractivity contribution in [2.24, 2.45) is 0 Å². The Morgan fingerprint density at radius 3 is 2.73 bits per heavy atom. The summed E-state index contributed by atoms with van der Waals surface area (Å²) in [5, 5.41) is 10.7. The lowest BCUT2D eigenvalue weighted by Gasteiger charge is -2.00. The molecule has 3 nitrogen and oxygen atoms in total. The predicted molar refractivity (Wildman–Crippen MR) is 38.5 cm³/mol. The molecule has 0 atom stereocenters. The average Bonchev–Trinajstić information content (AvgIpc) is 2.04. The third kappa shape index (κ3) is 1.49. The van der Waals surface area contributed by atoms with Gasteiger partial charge in [0.1, 0.15) is 5.75 Å². The molecule has 11 heavy (non-hydrogen) atoms. The Kier molecular flexibility index (Phi) is 2.11. The number of benzene rings is 1. The molecule has 0 saturated carbocycles. The smallest absolute Gasteiger partial charge is 0.182 e. The van der Waals surface area contributed by atoms with Crippen LogP contribution in [0, 0.1) is 0 Å². The van der Waals surface area contributed by atoms with Gasteiger partial charge in [-0.2, -0.15) is 0 Å². The van der Waals surface area contributed by atoms with Crippen LogP contribution in [0.3, 0.4) is 0 Å². The number of hydrogen-bond acceptors (Lipinski definition) is 2. The van der Waals surface area contributed by atoms with Crippen molar-refractivity contribution in [1.82, 2.24) is 0 Å². The van der Waals surface area contributed by atoms with E-state index in [1.807, 2.05) is 0 Å². The minimum Gasteiger partial charge on any atom is -0.496 e. The first kappa shape index (κ1) is 7.60. The van der Waals surface area contributed by atoms with Crippen molar-refractivity contribution < 1.29 is 14.6 Å². The average molecular weight is 151 g/mol. The molecule has 0 bridgehead atoms. The second-order valence-electron chi connectivity index (χ2n) is 2.02. The van der Waals surface area contributed by atoms with E-state index in [1.165, 1.54) is 25.3 Å². The molecule has 0 heterocycles. The van der Waals surface area contributed by atoms with E-state index in [-0.39, 0.29) is 5.75 Å². The van der Waals surface area contributed by atoms with Crippen LogP contribution in [0.5, 0.6) is 11.5 Å². The van der Waals surface area contributed by atoms with Gasteiger partial charge >= 0.3 is 0 Å². The highest BCUT2D eigenvalue weighted by Crippen LogP contribution is 2.22. The molecule has 0 aliphatic rings. The monoisotopic (exact) mass is 151 g/mol. The third-order valence-electron chi connectivity index (χ3n) is 1.33. The fourth-order valence-electron chi connectivity index (χ4n) is 0.789. The summed E-state index contributed by atoms with van der Waals surface area (Å²) in [5.41, 5.74) is 0.395. The molecule has 0 unspecified atom stereocenters. The highest BCUT2D eigenvalue weighted by Gasteiger charge is 2.02. The van der Waals surface area contributed by atoms with Crippen LogP contribution < -0.4 is 4.74 Å². The highest BCUT2D eigenvalue weighted by molar-refractivity contribution is 5.79. The number of hydrogen-bond donors (Lipinski definition) is 0. The summed E-state index contributed by atoms with van der Waals surface area (Å²) in [7, 11) is 1.42. The van der Waals surface area contributed by atoms with E-state index in [9.17, 15) is 9.90 Å². The Hall–Kier alpha value is -1.51. The molecule has 1 aromatic rings. The summed E-state index contributed by atoms with van der Waals surface area (Å²) < 4.78 is 4.79. The number of carbonyl (C=O) groups is 1. The molecule has 0 spiro atoms. The van der Waals surface area contributed by atoms with E-state index in [4.69, 9.17) is 4.74 Å². The quantitative estimate of drug-likeness (QED) is 0.603. The van der Waals surface area contributed by atoms with Gasteiger partial charge in [-0.15, -0.1) is 0 Å². The van der Waals surface area contributed by atoms with Crippen molar-refractivity contribution in [2.45, 2.75) is 0 Å². The summed E-state index contributed by atoms with van der Waals surface area (Å²) in [4.78, 5) is 10.3. The topological polar surface area (TPSA) is 46.2 Å². The van der Waals surface area contributed by atoms with E-state index in [2.05, 4.69) is 0 Å². The van der Waals surface area contributed by atoms with Crippen molar-refractivity contribution in [2.75, 3.05) is 7.11 Å². The van der Waals surface area contributed by atoms with Gasteiger partial charge in [0, 0.05) is 6.07 Å². The Balaban J connectivity index is 3.16. The Bertz CT molecular complexity index is 268. The second kappa shape index (κ2) is 3.05. The summed E-state index contributed by atoms with van der Waals surface area (Å²) >= 11 is 0. The third-order valence-corrected chi connectivity index (χ3v) is 1.33. The van der Waals surface area contributed by atoms with E-state index in [0.717, 1.165) is 0 Å². The van der Waals surface area contributed by atoms with Crippen LogP contribution in [-0.2, 0) is 5.11 Å². The van der Waals surface area contributed by atoms with Crippen LogP contribution in [0.4, 0.5) is 0 Å². The van der Waals surface area contributed by atoms with Crippen molar-refractivity contribution in [3.63, 3.8) is 0 Å². The van der Waals surface area contributed by atoms with Crippen molar-refractivity contribution in [3.8, 4) is 11.5 Å². The van der Waals surface area contributed by atoms with Gasteiger partial charge in [0.05, 0.1) is 12.7 Å². The lowest BCUT2D eigenvalue weighted by molar-refractivity contribution is 0.112. The van der Waals surface area contributed by atoms with Crippen LogP contribution in [0.2, 0.25) is 0 Å². The molecule has 0 amide bonds. The van der Waals surface area contributed by atoms with Gasteiger partial charge in [-0.3, -0.25) is 9.90 Å². The van der Waals surface area contributed by atoms with E-state index in [0.29, 0.717) is 17.6 Å². The lowest BCUT2D eigenvalue weighted by atomic mass is 10.2. The van der Waals surface area contributed by atoms with Gasteiger partial charge in [-0.25, -0.2) is 0 Å². The number of rotatable bonds is 2. The largest absolute Gasteiger partial charge is 0.496 e. The van der Waals surface area contributed by atoms with Gasteiger partial charge in [-0.1, -0.05) is 0 Å². The van der Waals surface area contributed by atoms with E-state index in [1.54, 1.807) is 0 Å². The SMILES string of the molecule is COc1cc([O])ccc1C=O. The fourth-order valence-corrected chi connectivity index (χ4v) is 0.789. The van der Waals surface area contributed by atoms with Gasteiger partial charge < -0.3 is 4.74 Å². The van der Waals surface area contributed by atoms with Gasteiger partial charge in [0.25, 0.3) is 0 Å². The maximum Gasteiger partial charge on any atom is 0.182 e. The second-order valence-corrected chi connectivity index (χ2v) is 2.02. The molecular formula is C8H7O3. The maximum absolute atomic E-state index is 10.7. The molecule has 0 saturated heterocycles. The molecule has 0 fully saturated rings. The molecular weight excluding hydrogens is 144 g/mol. The number of methoxy groups -OCH3 is 1. The molecule has 1 rings (SSSR count). The van der Waals surface area contributed by atoms with E-state index >= 15 is 0 Å². The van der Waals surface area contributed by atoms with Crippen LogP contribution in [0.25, 0.3) is 0 Å². The predicted octanol–water partition coefficient (Wildman–Crippen LogP) is 1.65. The van der Waals surface area contributed by atoms with E-state index < -0.39 is 0 Å². The Labute approximate surface area is 64.2 Å². The minimum absolute atomic E-state index is 0.160. The lowest BCUT2D eigenvalue weighted by Crippen LogP contribution is -1.88. The van der Waals surface area contributed by atoms with Crippen LogP contribution in [-0.4, -0.2) is 13.4 Å². The summed E-state index contributed by atoms with van der Waals surface area (Å²) in [6, 6.07) is 4.05. The molecule has 0 aliphatic heterocycles. The highest BCUT2D eigenvalue weighted by atomic mass is 16.5. The Morgan fingerprint density at radius 1 is 1.45 bits per heavy atom. The zero-order valence-electron chi connectivity index (χ0n) is 6.03. The first-order chi connectivity index (χ1) is 5.27. The number of aldehydes is 1. The zero-order valence-corrected chi connectivity index (χ0v) is 6.03. The molecule has 0 aliphatic carbocycles. The Morgan fingerprint density at radius 2 is 2.18 bits per heavy atom. The maximum atomic E-state index is 10.7. The summed E-state index contributed by atoms with van der Waals surface area (Å²) in [5.74, 6) is 0.167. The van der Waals surface area contributed by atoms with Gasteiger partial charge in [-0.05, 0) is 12.1 Å². The first-order valence-corrected chi connectivity index (χ1v) is 3.08. The standard InChI is InChI=1S/C8H7O3/c1-11-8-4-7(10)3-2-6(8)5-9/h2-5H,1H3. The summed E-state index contributed by atoms with van der Waals surface area (Å²) in [6.45, 7) is 0. The number of carbonyl (C=O) groups excluding carboxylic acids is 1. The van der Waals surface area contributed by atoms with Crippen molar-refractivity contribution >= 4 is 6.29 Å². The molecule has 3 heteroatoms. The minimum atomic E-state index is -0.160. The van der Waals surface area contributed by atoms with Crippen molar-refractivity contribution in [1.29, 1.82) is 0 Å². The molecule has 1 radical (unpaired) electrons. The number of ether oxygens (including phenoxy) is 1. The molecule has 0 N–H and O–H groups in total. The summed E-state index contributed by atoms with van der Waals surface area (Å²) in [6.07, 6.45) is 0.651. The normalized spacial score (nSPS) is 9.18. The van der Waals surface area contributed by atoms with Gasteiger partial charge in [0.2, 0.25) is 0 Å². The van der Waals surface area contributed by atoms with Crippen molar-refractivity contribution in [3.05, 3.63) is 23.8 Å². The zero-order chi connectivity index (χ0) is 8.27. The molecule has 57 valence electrons. The fraction of sp³-hybridized carbons (Fsp3) is 0.125. The van der Waals surface area contributed by atoms with Gasteiger partial charge in [0.15, 0.2) is 12.0 Å².